The van der Waals surface area contributed by atoms with E-state index < -0.39 is 0 Å². The van der Waals surface area contributed by atoms with Gasteiger partial charge in [-0.05, 0) is 12.8 Å². The first kappa shape index (κ1) is 12.9. The molecule has 0 amide bonds. The Bertz CT molecular complexity index is 562. The average molecular weight is 297 g/mol. The van der Waals surface area contributed by atoms with Crippen LogP contribution in [0.1, 0.15) is 42.9 Å². The third-order valence-electron chi connectivity index (χ3n) is 3.61. The van der Waals surface area contributed by atoms with Crippen molar-refractivity contribution in [1.82, 2.24) is 19.7 Å². The van der Waals surface area contributed by atoms with E-state index in [1.54, 1.807) is 16.9 Å². The quantitative estimate of drug-likeness (QED) is 0.811. The normalized spacial score (nSPS) is 16.1. The number of hydrogen-bond acceptors (Lipinski definition) is 3. The van der Waals surface area contributed by atoms with Gasteiger partial charge in [-0.3, -0.25) is 0 Å². The van der Waals surface area contributed by atoms with E-state index in [9.17, 15) is 0 Å². The van der Waals surface area contributed by atoms with Crippen molar-refractivity contribution in [2.45, 2.75) is 37.5 Å². The van der Waals surface area contributed by atoms with Crippen LogP contribution in [0.2, 0.25) is 5.15 Å². The van der Waals surface area contributed by atoms with Crippen molar-refractivity contribution < 1.29 is 0 Å². The van der Waals surface area contributed by atoms with E-state index in [0.29, 0.717) is 22.8 Å². The average Bonchev–Trinajstić information content (AvgIpc) is 3.07. The molecule has 0 bridgehead atoms. The fourth-order valence-corrected chi connectivity index (χ4v) is 3.28. The van der Waals surface area contributed by atoms with Crippen LogP contribution < -0.4 is 0 Å². The highest BCUT2D eigenvalue weighted by Gasteiger charge is 2.26. The van der Waals surface area contributed by atoms with Crippen molar-refractivity contribution in [3.63, 3.8) is 0 Å². The Morgan fingerprint density at radius 3 is 2.74 bits per heavy atom. The van der Waals surface area contributed by atoms with Gasteiger partial charge in [0.1, 0.15) is 11.5 Å². The van der Waals surface area contributed by atoms with E-state index in [1.165, 1.54) is 32.0 Å². The number of rotatable bonds is 3. The summed E-state index contributed by atoms with van der Waals surface area (Å²) in [6.45, 7) is 0. The molecule has 2 heterocycles. The molecule has 0 N–H and O–H groups in total. The van der Waals surface area contributed by atoms with Crippen LogP contribution in [-0.2, 0) is 5.88 Å². The van der Waals surface area contributed by atoms with Crippen LogP contribution >= 0.6 is 23.2 Å². The third-order valence-corrected chi connectivity index (χ3v) is 4.27. The molecule has 1 saturated carbocycles. The summed E-state index contributed by atoms with van der Waals surface area (Å²) in [5.41, 5.74) is 1.98. The molecular formula is C13H14Cl2N4. The Hall–Kier alpha value is -1.13. The molecule has 0 radical (unpaired) electrons. The molecular weight excluding hydrogens is 283 g/mol. The van der Waals surface area contributed by atoms with Crippen molar-refractivity contribution in [3.05, 3.63) is 35.0 Å². The summed E-state index contributed by atoms with van der Waals surface area (Å²) in [5.74, 6) is 1.54. The topological polar surface area (TPSA) is 43.6 Å². The van der Waals surface area contributed by atoms with Crippen molar-refractivity contribution in [3.8, 4) is 5.82 Å². The van der Waals surface area contributed by atoms with E-state index >= 15 is 0 Å². The summed E-state index contributed by atoms with van der Waals surface area (Å²) in [7, 11) is 0. The molecule has 4 nitrogen and oxygen atoms in total. The Morgan fingerprint density at radius 2 is 2.11 bits per heavy atom. The van der Waals surface area contributed by atoms with Gasteiger partial charge < -0.3 is 0 Å². The van der Waals surface area contributed by atoms with Crippen molar-refractivity contribution >= 4 is 23.2 Å². The first-order valence-corrected chi connectivity index (χ1v) is 7.32. The van der Waals surface area contributed by atoms with Gasteiger partial charge in [-0.2, -0.15) is 5.10 Å². The predicted octanol–water partition coefficient (Wildman–Crippen LogP) is 3.71. The van der Waals surface area contributed by atoms with Gasteiger partial charge in [0.15, 0.2) is 5.82 Å². The molecule has 0 saturated heterocycles. The zero-order valence-electron chi connectivity index (χ0n) is 10.4. The minimum Gasteiger partial charge on any atom is -0.245 e. The lowest BCUT2D eigenvalue weighted by molar-refractivity contribution is 0.672. The van der Waals surface area contributed by atoms with Gasteiger partial charge in [0.2, 0.25) is 0 Å². The summed E-state index contributed by atoms with van der Waals surface area (Å²) in [5, 5.41) is 5.21. The summed E-state index contributed by atoms with van der Waals surface area (Å²) in [4.78, 5) is 8.09. The molecule has 0 spiro atoms. The van der Waals surface area contributed by atoms with Crippen molar-refractivity contribution in [2.75, 3.05) is 0 Å². The largest absolute Gasteiger partial charge is 0.245 e. The second-order valence-electron chi connectivity index (χ2n) is 4.75. The lowest BCUT2D eigenvalue weighted by Gasteiger charge is -2.06. The maximum Gasteiger partial charge on any atom is 0.158 e. The van der Waals surface area contributed by atoms with Gasteiger partial charge in [-0.1, -0.05) is 24.4 Å². The summed E-state index contributed by atoms with van der Waals surface area (Å²) >= 11 is 12.4. The molecule has 19 heavy (non-hydrogen) atoms. The van der Waals surface area contributed by atoms with Gasteiger partial charge in [-0.25, -0.2) is 14.6 Å². The van der Waals surface area contributed by atoms with E-state index in [1.807, 2.05) is 0 Å². The number of hydrogen-bond donors (Lipinski definition) is 0. The fraction of sp³-hybridized carbons (Fsp3) is 0.462. The Labute approximate surface area is 121 Å². The van der Waals surface area contributed by atoms with Crippen LogP contribution in [0.15, 0.2) is 18.6 Å². The molecule has 1 aliphatic carbocycles. The van der Waals surface area contributed by atoms with Crippen LogP contribution in [-0.4, -0.2) is 19.7 Å². The molecule has 0 aliphatic heterocycles. The number of alkyl halides is 1. The van der Waals surface area contributed by atoms with E-state index in [-0.39, 0.29) is 0 Å². The molecule has 0 atom stereocenters. The van der Waals surface area contributed by atoms with Crippen molar-refractivity contribution in [2.24, 2.45) is 0 Å². The van der Waals surface area contributed by atoms with E-state index in [2.05, 4.69) is 15.1 Å². The fourth-order valence-electron chi connectivity index (χ4n) is 2.66. The van der Waals surface area contributed by atoms with Gasteiger partial charge in [-0.15, -0.1) is 11.6 Å². The van der Waals surface area contributed by atoms with Crippen LogP contribution in [0.4, 0.5) is 0 Å². The highest BCUT2D eigenvalue weighted by atomic mass is 35.5. The van der Waals surface area contributed by atoms with Crippen molar-refractivity contribution in [1.29, 1.82) is 0 Å². The molecule has 3 rings (SSSR count). The van der Waals surface area contributed by atoms with Crippen LogP contribution in [0.25, 0.3) is 5.82 Å². The van der Waals surface area contributed by atoms with Crippen LogP contribution in [0, 0.1) is 0 Å². The molecule has 2 aromatic heterocycles. The molecule has 0 aromatic carbocycles. The van der Waals surface area contributed by atoms with Gasteiger partial charge >= 0.3 is 0 Å². The first-order valence-electron chi connectivity index (χ1n) is 6.41. The Kier molecular flexibility index (Phi) is 3.71. The summed E-state index contributed by atoms with van der Waals surface area (Å²) in [6.07, 6.45) is 8.01. The standard InChI is InChI=1S/C13H14Cl2N4/c14-7-10-12(9-3-1-2-4-9)18-19(13(10)15)11-5-6-16-8-17-11/h5-6,8-9H,1-4,7H2. The number of nitrogens with zero attached hydrogens (tertiary/aromatic N) is 4. The zero-order chi connectivity index (χ0) is 13.2. The molecule has 100 valence electrons. The second kappa shape index (κ2) is 5.47. The smallest absolute Gasteiger partial charge is 0.158 e. The van der Waals surface area contributed by atoms with Crippen LogP contribution in [0.3, 0.4) is 0 Å². The molecule has 2 aromatic rings. The first-order chi connectivity index (χ1) is 9.31. The molecule has 0 unspecified atom stereocenters. The minimum atomic E-state index is 0.385. The summed E-state index contributed by atoms with van der Waals surface area (Å²) in [6, 6.07) is 1.79. The maximum atomic E-state index is 6.40. The van der Waals surface area contributed by atoms with Gasteiger partial charge in [0.05, 0.1) is 11.6 Å². The molecule has 1 fully saturated rings. The van der Waals surface area contributed by atoms with E-state index in [4.69, 9.17) is 23.2 Å². The lowest BCUT2D eigenvalue weighted by atomic mass is 10.0. The molecule has 1 aliphatic rings. The van der Waals surface area contributed by atoms with Crippen LogP contribution in [0.5, 0.6) is 0 Å². The number of halogens is 2. The maximum absolute atomic E-state index is 6.40. The second-order valence-corrected chi connectivity index (χ2v) is 5.37. The minimum absolute atomic E-state index is 0.385. The lowest BCUT2D eigenvalue weighted by Crippen LogP contribution is -2.01. The third kappa shape index (κ3) is 2.35. The molecule has 6 heteroatoms. The zero-order valence-corrected chi connectivity index (χ0v) is 11.9. The highest BCUT2D eigenvalue weighted by molar-refractivity contribution is 6.31. The Morgan fingerprint density at radius 1 is 1.32 bits per heavy atom. The van der Waals surface area contributed by atoms with Gasteiger partial charge in [0, 0.05) is 23.7 Å². The summed E-state index contributed by atoms with van der Waals surface area (Å²) < 4.78 is 1.66. The monoisotopic (exact) mass is 296 g/mol. The Balaban J connectivity index is 2.07. The SMILES string of the molecule is ClCc1c(C2CCCC2)nn(-c2ccncn2)c1Cl. The van der Waals surface area contributed by atoms with E-state index in [0.717, 1.165) is 11.3 Å². The number of aromatic nitrogens is 4. The predicted molar refractivity (Wildman–Crippen MR) is 74.9 cm³/mol. The highest BCUT2D eigenvalue weighted by Crippen LogP contribution is 2.38. The van der Waals surface area contributed by atoms with Gasteiger partial charge in [0.25, 0.3) is 0 Å².